The third kappa shape index (κ3) is 6.89. The summed E-state index contributed by atoms with van der Waals surface area (Å²) in [7, 11) is -1.63. The van der Waals surface area contributed by atoms with Gasteiger partial charge in [-0.1, -0.05) is 31.5 Å². The van der Waals surface area contributed by atoms with Gasteiger partial charge in [-0.15, -0.1) is 12.4 Å². The van der Waals surface area contributed by atoms with Crippen LogP contribution in [0.5, 0.6) is 23.0 Å². The molecule has 0 spiro atoms. The highest BCUT2D eigenvalue weighted by molar-refractivity contribution is 7.91. The van der Waals surface area contributed by atoms with Crippen molar-refractivity contribution in [3.05, 3.63) is 78.9 Å². The lowest BCUT2D eigenvalue weighted by Gasteiger charge is -2.26. The van der Waals surface area contributed by atoms with Gasteiger partial charge in [0.05, 0.1) is 17.8 Å². The number of benzene rings is 4. The summed E-state index contributed by atoms with van der Waals surface area (Å²) in [5.41, 5.74) is 1.74. The molecule has 0 radical (unpaired) electrons. The van der Waals surface area contributed by atoms with E-state index in [-0.39, 0.29) is 18.2 Å². The Morgan fingerprint density at radius 3 is 2.15 bits per heavy atom. The lowest BCUT2D eigenvalue weighted by molar-refractivity contribution is 0.183. The van der Waals surface area contributed by atoms with Crippen LogP contribution in [0.3, 0.4) is 0 Å². The van der Waals surface area contributed by atoms with E-state index in [0.717, 1.165) is 53.0 Å². The van der Waals surface area contributed by atoms with Crippen LogP contribution in [0.25, 0.3) is 21.9 Å². The highest BCUT2D eigenvalue weighted by Gasteiger charge is 2.16. The van der Waals surface area contributed by atoms with Crippen molar-refractivity contribution in [2.45, 2.75) is 31.1 Å². The molecule has 0 amide bonds. The molecule has 0 unspecified atom stereocenters. The summed E-state index contributed by atoms with van der Waals surface area (Å²) in [6, 6.07) is 24.6. The lowest BCUT2D eigenvalue weighted by Crippen LogP contribution is -2.33. The monoisotopic (exact) mass is 581 g/mol. The van der Waals surface area contributed by atoms with E-state index in [1.165, 1.54) is 19.3 Å². The van der Waals surface area contributed by atoms with Gasteiger partial charge in [0.15, 0.2) is 9.84 Å². The number of likely N-dealkylation sites (tertiary alicyclic amines) is 1. The molecule has 1 aliphatic rings. The zero-order chi connectivity index (χ0) is 27.2. The minimum Gasteiger partial charge on any atom is -0.497 e. The number of rotatable bonds is 10. The third-order valence-corrected chi connectivity index (χ3v) is 9.00. The van der Waals surface area contributed by atoms with Gasteiger partial charge in [0, 0.05) is 17.5 Å². The zero-order valence-electron chi connectivity index (χ0n) is 23.0. The molecule has 0 aliphatic carbocycles. The van der Waals surface area contributed by atoms with Gasteiger partial charge in [0.25, 0.3) is 0 Å². The van der Waals surface area contributed by atoms with Crippen LogP contribution in [0.2, 0.25) is 0 Å². The van der Waals surface area contributed by atoms with Crippen molar-refractivity contribution in [2.24, 2.45) is 0 Å². The van der Waals surface area contributed by atoms with Gasteiger partial charge >= 0.3 is 0 Å². The molecular weight excluding hydrogens is 546 g/mol. The lowest BCUT2D eigenvalue weighted by atomic mass is 9.99. The van der Waals surface area contributed by atoms with Crippen LogP contribution in [-0.2, 0) is 9.84 Å². The first-order valence-electron chi connectivity index (χ1n) is 13.5. The summed E-state index contributed by atoms with van der Waals surface area (Å²) in [5, 5.41) is 1.91. The fraction of sp³-hybridized carbons (Fsp3) is 0.312. The van der Waals surface area contributed by atoms with Crippen LogP contribution in [-0.4, -0.2) is 52.4 Å². The molecule has 5 rings (SSSR count). The molecule has 0 saturated carbocycles. The van der Waals surface area contributed by atoms with Gasteiger partial charge in [-0.3, -0.25) is 4.90 Å². The Labute approximate surface area is 243 Å². The molecule has 4 aromatic rings. The summed E-state index contributed by atoms with van der Waals surface area (Å²) in [5.74, 6) is 3.03. The molecule has 1 saturated heterocycles. The highest BCUT2D eigenvalue weighted by atomic mass is 35.5. The minimum absolute atomic E-state index is 0. The maximum Gasteiger partial charge on any atom is 0.178 e. The maximum atomic E-state index is 12.3. The van der Waals surface area contributed by atoms with Crippen LogP contribution in [0, 0.1) is 0 Å². The summed E-state index contributed by atoms with van der Waals surface area (Å²) in [6.45, 7) is 5.58. The molecule has 212 valence electrons. The molecule has 1 fully saturated rings. The van der Waals surface area contributed by atoms with Crippen LogP contribution < -0.4 is 14.2 Å². The Morgan fingerprint density at radius 1 is 0.800 bits per heavy atom. The molecule has 0 bridgehead atoms. The normalized spacial score (nSPS) is 13.9. The van der Waals surface area contributed by atoms with Gasteiger partial charge in [-0.25, -0.2) is 8.42 Å². The molecule has 0 atom stereocenters. The van der Waals surface area contributed by atoms with E-state index in [9.17, 15) is 8.42 Å². The number of hydrogen-bond donors (Lipinski definition) is 0. The predicted molar refractivity (Wildman–Crippen MR) is 163 cm³/mol. The molecule has 1 heterocycles. The first-order valence-corrected chi connectivity index (χ1v) is 15.2. The Balaban J connectivity index is 0.00000370. The molecule has 0 aromatic heterocycles. The summed E-state index contributed by atoms with van der Waals surface area (Å²) in [6.07, 6.45) is 3.88. The Kier molecular flexibility index (Phi) is 9.95. The summed E-state index contributed by atoms with van der Waals surface area (Å²) < 4.78 is 42.5. The molecule has 40 heavy (non-hydrogen) atoms. The number of hydrogen-bond acceptors (Lipinski definition) is 6. The van der Waals surface area contributed by atoms with Crippen LogP contribution >= 0.6 is 12.4 Å². The smallest absolute Gasteiger partial charge is 0.178 e. The first-order chi connectivity index (χ1) is 19.0. The molecule has 4 aromatic carbocycles. The summed E-state index contributed by atoms with van der Waals surface area (Å²) in [4.78, 5) is 2.78. The van der Waals surface area contributed by atoms with Crippen molar-refractivity contribution >= 4 is 33.0 Å². The number of methoxy groups -OCH3 is 1. The van der Waals surface area contributed by atoms with Crippen molar-refractivity contribution < 1.29 is 22.6 Å². The fourth-order valence-electron chi connectivity index (χ4n) is 4.95. The van der Waals surface area contributed by atoms with Gasteiger partial charge in [-0.05, 0) is 97.5 Å². The van der Waals surface area contributed by atoms with Gasteiger partial charge in [0.1, 0.15) is 29.6 Å². The topological polar surface area (TPSA) is 65.1 Å². The molecule has 0 N–H and O–H groups in total. The Morgan fingerprint density at radius 2 is 1.48 bits per heavy atom. The molecule has 8 heteroatoms. The van der Waals surface area contributed by atoms with Gasteiger partial charge in [-0.2, -0.15) is 0 Å². The van der Waals surface area contributed by atoms with E-state index < -0.39 is 9.84 Å². The van der Waals surface area contributed by atoms with E-state index >= 15 is 0 Å². The second-order valence-electron chi connectivity index (χ2n) is 9.78. The highest BCUT2D eigenvalue weighted by Crippen LogP contribution is 2.41. The van der Waals surface area contributed by atoms with E-state index in [1.54, 1.807) is 26.2 Å². The van der Waals surface area contributed by atoms with E-state index in [1.807, 2.05) is 66.7 Å². The molecule has 1 aliphatic heterocycles. The molecule has 6 nitrogen and oxygen atoms in total. The Hall–Kier alpha value is -3.26. The van der Waals surface area contributed by atoms with Crippen molar-refractivity contribution in [3.8, 4) is 34.1 Å². The average Bonchev–Trinajstić information content (AvgIpc) is 2.98. The van der Waals surface area contributed by atoms with Gasteiger partial charge < -0.3 is 14.2 Å². The standard InChI is InChI=1S/C32H35NO5S.ClH/c1-3-39(34,35)29-15-7-24(8-16-29)30-17-9-25-23-28(36-2)14-18-31(25)32(30)38-27-12-10-26(11-13-27)37-22-21-33-19-5-4-6-20-33;/h7-18,23H,3-6,19-22H2,1-2H3;1H. The largest absolute Gasteiger partial charge is 0.497 e. The average molecular weight is 582 g/mol. The van der Waals surface area contributed by atoms with Crippen molar-refractivity contribution in [3.63, 3.8) is 0 Å². The van der Waals surface area contributed by atoms with Crippen molar-refractivity contribution in [1.82, 2.24) is 4.90 Å². The molecular formula is C32H36ClNO5S. The maximum absolute atomic E-state index is 12.3. The van der Waals surface area contributed by atoms with Crippen molar-refractivity contribution in [2.75, 3.05) is 39.1 Å². The second kappa shape index (κ2) is 13.4. The van der Waals surface area contributed by atoms with Crippen LogP contribution in [0.4, 0.5) is 0 Å². The number of halogens is 1. The second-order valence-corrected chi connectivity index (χ2v) is 12.1. The van der Waals surface area contributed by atoms with E-state index in [0.29, 0.717) is 23.0 Å². The minimum atomic E-state index is -3.28. The zero-order valence-corrected chi connectivity index (χ0v) is 24.6. The van der Waals surface area contributed by atoms with E-state index in [4.69, 9.17) is 14.2 Å². The third-order valence-electron chi connectivity index (χ3n) is 7.25. The SMILES string of the molecule is CCS(=O)(=O)c1ccc(-c2ccc3cc(OC)ccc3c2Oc2ccc(OCCN3CCCCC3)cc2)cc1.Cl. The van der Waals surface area contributed by atoms with Crippen molar-refractivity contribution in [1.29, 1.82) is 0 Å². The number of ether oxygens (including phenoxy) is 3. The summed E-state index contributed by atoms with van der Waals surface area (Å²) >= 11 is 0. The van der Waals surface area contributed by atoms with Crippen LogP contribution in [0.1, 0.15) is 26.2 Å². The number of fused-ring (bicyclic) bond motifs is 1. The van der Waals surface area contributed by atoms with Gasteiger partial charge in [0.2, 0.25) is 0 Å². The first kappa shape index (κ1) is 29.7. The van der Waals surface area contributed by atoms with Crippen LogP contribution in [0.15, 0.2) is 83.8 Å². The predicted octanol–water partition coefficient (Wildman–Crippen LogP) is 7.39. The van der Waals surface area contributed by atoms with E-state index in [2.05, 4.69) is 4.90 Å². The fourth-order valence-corrected chi connectivity index (χ4v) is 5.83. The Bertz CT molecular complexity index is 1520. The number of nitrogens with zero attached hydrogens (tertiary/aromatic N) is 1. The number of piperidine rings is 1. The quantitative estimate of drug-likeness (QED) is 0.195. The number of sulfone groups is 1.